The normalized spacial score (nSPS) is 25.1. The molecule has 0 spiro atoms. The fourth-order valence-corrected chi connectivity index (χ4v) is 8.51. The van der Waals surface area contributed by atoms with Crippen LogP contribution in [0, 0.1) is 5.92 Å². The van der Waals surface area contributed by atoms with Crippen molar-refractivity contribution in [2.75, 3.05) is 44.8 Å². The molecule has 4 rings (SSSR count). The van der Waals surface area contributed by atoms with Crippen molar-refractivity contribution < 1.29 is 21.6 Å². The molecule has 36 heavy (non-hydrogen) atoms. The van der Waals surface area contributed by atoms with Gasteiger partial charge in [0.25, 0.3) is 0 Å². The number of nitrogens with zero attached hydrogens (tertiary/aromatic N) is 2. The Morgan fingerprint density at radius 1 is 1.08 bits per heavy atom. The first-order chi connectivity index (χ1) is 17.2. The maximum Gasteiger partial charge on any atom is 0.214 e. The number of ether oxygens (including phenoxy) is 1. The number of fused-ring (bicyclic) bond motifs is 4. The van der Waals surface area contributed by atoms with Gasteiger partial charge in [0.15, 0.2) is 0 Å². The minimum absolute atomic E-state index is 0.00769. The Balaban J connectivity index is 1.42. The molecule has 3 aliphatic rings. The third-order valence-corrected chi connectivity index (χ3v) is 10.7. The molecule has 0 amide bonds. The van der Waals surface area contributed by atoms with Crippen molar-refractivity contribution >= 4 is 20.0 Å². The standard InChI is InChI=1S/C26H43N3O5S2/c1-3-4-5-6-16-34-23-10-11-24-21(18-23)12-15-28-20-22-9-7-14-29(25(22)19-26(24)28)36(32,33)17-8-13-27-35(2,30)31/h10-11,18,22,25-27H,3-9,12-17,19-20H2,1-2H3/t22-,25+,26+/m1/s1. The topological polar surface area (TPSA) is 96.0 Å². The number of unbranched alkanes of at least 4 members (excludes halogenated alkanes) is 3. The molecule has 10 heteroatoms. The minimum atomic E-state index is -3.45. The van der Waals surface area contributed by atoms with Crippen LogP contribution in [0.1, 0.15) is 75.5 Å². The molecule has 1 aromatic rings. The second-order valence-electron chi connectivity index (χ2n) is 10.7. The number of hydrogen-bond donors (Lipinski definition) is 1. The molecule has 0 unspecified atom stereocenters. The lowest BCUT2D eigenvalue weighted by atomic mass is 9.77. The summed E-state index contributed by atoms with van der Waals surface area (Å²) in [4.78, 5) is 2.56. The van der Waals surface area contributed by atoms with Gasteiger partial charge in [0.2, 0.25) is 20.0 Å². The van der Waals surface area contributed by atoms with E-state index in [1.807, 2.05) is 0 Å². The molecular formula is C26H43N3O5S2. The van der Waals surface area contributed by atoms with Crippen LogP contribution in [-0.4, -0.2) is 76.9 Å². The monoisotopic (exact) mass is 541 g/mol. The van der Waals surface area contributed by atoms with Gasteiger partial charge >= 0.3 is 0 Å². The maximum absolute atomic E-state index is 13.3. The van der Waals surface area contributed by atoms with E-state index in [9.17, 15) is 16.8 Å². The first-order valence-corrected chi connectivity index (χ1v) is 17.1. The maximum atomic E-state index is 13.3. The van der Waals surface area contributed by atoms with Crippen molar-refractivity contribution in [2.24, 2.45) is 5.92 Å². The van der Waals surface area contributed by atoms with Gasteiger partial charge in [-0.2, -0.15) is 4.31 Å². The van der Waals surface area contributed by atoms with Crippen LogP contribution >= 0.6 is 0 Å². The molecular weight excluding hydrogens is 498 g/mol. The second-order valence-corrected chi connectivity index (χ2v) is 14.6. The van der Waals surface area contributed by atoms with Crippen LogP contribution < -0.4 is 9.46 Å². The van der Waals surface area contributed by atoms with E-state index in [1.54, 1.807) is 4.31 Å². The van der Waals surface area contributed by atoms with Gasteiger partial charge in [-0.3, -0.25) is 4.90 Å². The molecule has 0 aromatic heterocycles. The number of benzene rings is 1. The summed E-state index contributed by atoms with van der Waals surface area (Å²) in [6, 6.07) is 6.72. The third-order valence-electron chi connectivity index (χ3n) is 7.95. The van der Waals surface area contributed by atoms with Crippen LogP contribution in [0.4, 0.5) is 0 Å². The molecule has 0 saturated carbocycles. The largest absolute Gasteiger partial charge is 0.494 e. The Kier molecular flexibility index (Phi) is 9.36. The number of hydrogen-bond acceptors (Lipinski definition) is 6. The molecule has 2 fully saturated rings. The minimum Gasteiger partial charge on any atom is -0.494 e. The summed E-state index contributed by atoms with van der Waals surface area (Å²) >= 11 is 0. The fourth-order valence-electron chi connectivity index (χ4n) is 6.17. The molecule has 1 N–H and O–H groups in total. The van der Waals surface area contributed by atoms with Crippen LogP contribution in [0.5, 0.6) is 5.75 Å². The van der Waals surface area contributed by atoms with E-state index in [-0.39, 0.29) is 30.8 Å². The Hall–Kier alpha value is -1.20. The summed E-state index contributed by atoms with van der Waals surface area (Å²) in [7, 11) is -6.76. The Labute approximate surface area is 217 Å². The Bertz CT molecular complexity index is 1090. The van der Waals surface area contributed by atoms with E-state index in [2.05, 4.69) is 34.7 Å². The average Bonchev–Trinajstić information content (AvgIpc) is 2.84. The fraction of sp³-hybridized carbons (Fsp3) is 0.769. The predicted molar refractivity (Wildman–Crippen MR) is 143 cm³/mol. The van der Waals surface area contributed by atoms with E-state index in [1.165, 1.54) is 30.4 Å². The smallest absolute Gasteiger partial charge is 0.214 e. The van der Waals surface area contributed by atoms with Gasteiger partial charge in [0.05, 0.1) is 18.6 Å². The van der Waals surface area contributed by atoms with E-state index in [0.717, 1.165) is 63.8 Å². The van der Waals surface area contributed by atoms with E-state index >= 15 is 0 Å². The van der Waals surface area contributed by atoms with Crippen LogP contribution in [0.15, 0.2) is 18.2 Å². The molecule has 0 bridgehead atoms. The van der Waals surface area contributed by atoms with Crippen molar-refractivity contribution in [3.63, 3.8) is 0 Å². The molecule has 0 aliphatic carbocycles. The van der Waals surface area contributed by atoms with Crippen LogP contribution in [0.25, 0.3) is 0 Å². The SMILES string of the molecule is CCCCCCOc1ccc2c(c1)CCN1C[C@H]3CCCN(S(=O)(=O)CCCNS(C)(=O)=O)[C@H]3C[C@@H]21. The second kappa shape index (κ2) is 12.1. The summed E-state index contributed by atoms with van der Waals surface area (Å²) in [6.45, 7) is 5.62. The lowest BCUT2D eigenvalue weighted by Gasteiger charge is -2.51. The van der Waals surface area contributed by atoms with Crippen molar-refractivity contribution in [3.8, 4) is 5.75 Å². The highest BCUT2D eigenvalue weighted by Gasteiger charge is 2.45. The van der Waals surface area contributed by atoms with Crippen molar-refractivity contribution in [1.82, 2.24) is 13.9 Å². The van der Waals surface area contributed by atoms with Gasteiger partial charge in [-0.25, -0.2) is 21.6 Å². The molecule has 8 nitrogen and oxygen atoms in total. The third kappa shape index (κ3) is 7.01. The number of nitrogens with one attached hydrogen (secondary N) is 1. The Morgan fingerprint density at radius 3 is 2.69 bits per heavy atom. The van der Waals surface area contributed by atoms with Gasteiger partial charge in [0.1, 0.15) is 5.75 Å². The lowest BCUT2D eigenvalue weighted by molar-refractivity contribution is 0.0219. The van der Waals surface area contributed by atoms with E-state index < -0.39 is 20.0 Å². The van der Waals surface area contributed by atoms with Crippen LogP contribution in [-0.2, 0) is 26.5 Å². The van der Waals surface area contributed by atoms with Gasteiger partial charge < -0.3 is 4.74 Å². The van der Waals surface area contributed by atoms with Crippen LogP contribution in [0.3, 0.4) is 0 Å². The highest BCUT2D eigenvalue weighted by molar-refractivity contribution is 7.89. The van der Waals surface area contributed by atoms with E-state index in [4.69, 9.17) is 4.74 Å². The summed E-state index contributed by atoms with van der Waals surface area (Å²) in [5.41, 5.74) is 2.65. The Morgan fingerprint density at radius 2 is 1.92 bits per heavy atom. The van der Waals surface area contributed by atoms with Gasteiger partial charge in [-0.15, -0.1) is 0 Å². The van der Waals surface area contributed by atoms with Crippen molar-refractivity contribution in [2.45, 2.75) is 76.8 Å². The molecule has 3 aliphatic heterocycles. The molecule has 3 heterocycles. The summed E-state index contributed by atoms with van der Waals surface area (Å²) in [6.07, 6.45) is 9.89. The van der Waals surface area contributed by atoms with Gasteiger partial charge in [0, 0.05) is 38.3 Å². The zero-order valence-corrected chi connectivity index (χ0v) is 23.5. The van der Waals surface area contributed by atoms with Crippen molar-refractivity contribution in [1.29, 1.82) is 0 Å². The van der Waals surface area contributed by atoms with Gasteiger partial charge in [-0.1, -0.05) is 32.3 Å². The first kappa shape index (κ1) is 27.8. The van der Waals surface area contributed by atoms with E-state index in [0.29, 0.717) is 12.5 Å². The predicted octanol–water partition coefficient (Wildman–Crippen LogP) is 3.30. The zero-order valence-electron chi connectivity index (χ0n) is 21.8. The highest BCUT2D eigenvalue weighted by atomic mass is 32.2. The number of rotatable bonds is 12. The van der Waals surface area contributed by atoms with Gasteiger partial charge in [-0.05, 0) is 67.7 Å². The highest BCUT2D eigenvalue weighted by Crippen LogP contribution is 2.44. The van der Waals surface area contributed by atoms with Crippen LogP contribution in [0.2, 0.25) is 0 Å². The molecule has 0 radical (unpaired) electrons. The quantitative estimate of drug-likeness (QED) is 0.408. The first-order valence-electron chi connectivity index (χ1n) is 13.6. The molecule has 3 atom stereocenters. The van der Waals surface area contributed by atoms with Crippen molar-refractivity contribution in [3.05, 3.63) is 29.3 Å². The summed E-state index contributed by atoms with van der Waals surface area (Å²) < 4.78 is 59.4. The number of piperidine rings is 2. The summed E-state index contributed by atoms with van der Waals surface area (Å²) in [5.74, 6) is 1.27. The molecule has 2 saturated heterocycles. The zero-order chi connectivity index (χ0) is 25.8. The lowest BCUT2D eigenvalue weighted by Crippen LogP contribution is -2.57. The number of sulfonamides is 2. The molecule has 1 aromatic carbocycles. The molecule has 204 valence electrons. The average molecular weight is 542 g/mol. The summed E-state index contributed by atoms with van der Waals surface area (Å²) in [5, 5.41) is 0.